The lowest BCUT2D eigenvalue weighted by Crippen LogP contribution is -2.44. The Hall–Kier alpha value is -0.400. The molecular formula is C12H16Cl2N2O3S. The molecule has 0 aliphatic heterocycles. The quantitative estimate of drug-likeness (QED) is 0.808. The fraction of sp³-hybridized carbons (Fsp3) is 0.583. The first-order chi connectivity index (χ1) is 9.46. The lowest BCUT2D eigenvalue weighted by atomic mass is 9.93. The van der Waals surface area contributed by atoms with E-state index < -0.39 is 10.0 Å². The highest BCUT2D eigenvalue weighted by atomic mass is 35.5. The van der Waals surface area contributed by atoms with Crippen molar-refractivity contribution in [1.82, 2.24) is 9.29 Å². The molecule has 0 amide bonds. The van der Waals surface area contributed by atoms with Gasteiger partial charge in [0.05, 0.1) is 5.02 Å². The van der Waals surface area contributed by atoms with Crippen molar-refractivity contribution < 1.29 is 13.5 Å². The number of halogens is 2. The van der Waals surface area contributed by atoms with Gasteiger partial charge in [0, 0.05) is 25.4 Å². The van der Waals surface area contributed by atoms with E-state index in [1.807, 2.05) is 0 Å². The summed E-state index contributed by atoms with van der Waals surface area (Å²) in [5.74, 6) is 0. The molecule has 8 heteroatoms. The van der Waals surface area contributed by atoms with Gasteiger partial charge in [-0.15, -0.1) is 0 Å². The number of rotatable bonds is 6. The second-order valence-corrected chi connectivity index (χ2v) is 7.38. The maximum absolute atomic E-state index is 12.6. The van der Waals surface area contributed by atoms with E-state index in [4.69, 9.17) is 28.3 Å². The fourth-order valence-corrected chi connectivity index (χ4v) is 4.11. The van der Waals surface area contributed by atoms with E-state index in [2.05, 4.69) is 4.98 Å². The molecule has 0 unspecified atom stereocenters. The molecule has 20 heavy (non-hydrogen) atoms. The Balaban J connectivity index is 2.30. The summed E-state index contributed by atoms with van der Waals surface area (Å²) in [4.78, 5) is 3.83. The van der Waals surface area contributed by atoms with Crippen LogP contribution in [0.2, 0.25) is 10.2 Å². The Morgan fingerprint density at radius 2 is 2.10 bits per heavy atom. The van der Waals surface area contributed by atoms with Crippen molar-refractivity contribution >= 4 is 33.2 Å². The van der Waals surface area contributed by atoms with Gasteiger partial charge in [-0.1, -0.05) is 29.6 Å². The smallest absolute Gasteiger partial charge is 0.244 e. The number of nitrogens with zero attached hydrogens (tertiary/aromatic N) is 2. The topological polar surface area (TPSA) is 70.5 Å². The minimum atomic E-state index is -3.66. The minimum absolute atomic E-state index is 0.000929. The fourth-order valence-electron chi connectivity index (χ4n) is 2.08. The molecule has 0 bridgehead atoms. The van der Waals surface area contributed by atoms with E-state index >= 15 is 0 Å². The summed E-state index contributed by atoms with van der Waals surface area (Å²) in [5, 5.41) is 9.13. The SMILES string of the molecule is O=S(=O)(c1cnc(Cl)c(Cl)c1)N(CCCO)C1CCC1. The van der Waals surface area contributed by atoms with E-state index in [0.717, 1.165) is 19.3 Å². The van der Waals surface area contributed by atoms with Crippen molar-refractivity contribution in [3.8, 4) is 0 Å². The number of aliphatic hydroxyl groups is 1. The normalized spacial score (nSPS) is 16.4. The molecule has 112 valence electrons. The third-order valence-corrected chi connectivity index (χ3v) is 6.00. The predicted molar refractivity (Wildman–Crippen MR) is 77.5 cm³/mol. The van der Waals surface area contributed by atoms with Gasteiger partial charge in [0.2, 0.25) is 10.0 Å². The molecule has 1 aliphatic rings. The minimum Gasteiger partial charge on any atom is -0.396 e. The average Bonchev–Trinajstić information content (AvgIpc) is 2.35. The highest BCUT2D eigenvalue weighted by Gasteiger charge is 2.34. The third kappa shape index (κ3) is 3.26. The summed E-state index contributed by atoms with van der Waals surface area (Å²) in [6.07, 6.45) is 4.34. The lowest BCUT2D eigenvalue weighted by Gasteiger charge is -2.36. The largest absolute Gasteiger partial charge is 0.396 e. The molecule has 1 fully saturated rings. The molecule has 2 rings (SSSR count). The molecule has 1 aliphatic carbocycles. The van der Waals surface area contributed by atoms with Gasteiger partial charge in [-0.05, 0) is 25.3 Å². The van der Waals surface area contributed by atoms with Gasteiger partial charge in [-0.3, -0.25) is 0 Å². The molecule has 1 aromatic rings. The van der Waals surface area contributed by atoms with Crippen LogP contribution in [-0.2, 0) is 10.0 Å². The summed E-state index contributed by atoms with van der Waals surface area (Å²) < 4.78 is 26.7. The van der Waals surface area contributed by atoms with E-state index in [0.29, 0.717) is 13.0 Å². The van der Waals surface area contributed by atoms with Gasteiger partial charge in [-0.2, -0.15) is 4.31 Å². The van der Waals surface area contributed by atoms with Crippen LogP contribution in [0.4, 0.5) is 0 Å². The lowest BCUT2D eigenvalue weighted by molar-refractivity contribution is 0.198. The number of hydrogen-bond acceptors (Lipinski definition) is 4. The molecule has 1 N–H and O–H groups in total. The number of hydrogen-bond donors (Lipinski definition) is 1. The van der Waals surface area contributed by atoms with Gasteiger partial charge < -0.3 is 5.11 Å². The molecule has 1 aromatic heterocycles. The van der Waals surface area contributed by atoms with Crippen LogP contribution in [0.15, 0.2) is 17.2 Å². The predicted octanol–water partition coefficient (Wildman–Crippen LogP) is 2.31. The van der Waals surface area contributed by atoms with Crippen molar-refractivity contribution in [2.45, 2.75) is 36.6 Å². The Morgan fingerprint density at radius 1 is 1.40 bits per heavy atom. The van der Waals surface area contributed by atoms with Crippen LogP contribution in [0.25, 0.3) is 0 Å². The molecule has 0 aromatic carbocycles. The third-order valence-electron chi connectivity index (χ3n) is 3.40. The number of sulfonamides is 1. The van der Waals surface area contributed by atoms with Gasteiger partial charge >= 0.3 is 0 Å². The molecule has 5 nitrogen and oxygen atoms in total. The first kappa shape index (κ1) is 16.0. The molecular weight excluding hydrogens is 323 g/mol. The molecule has 0 spiro atoms. The zero-order valence-corrected chi connectivity index (χ0v) is 13.1. The second-order valence-electron chi connectivity index (χ2n) is 4.72. The summed E-state index contributed by atoms with van der Waals surface area (Å²) in [7, 11) is -3.66. The molecule has 0 atom stereocenters. The summed E-state index contributed by atoms with van der Waals surface area (Å²) in [6, 6.07) is 1.32. The number of aliphatic hydroxyl groups excluding tert-OH is 1. The van der Waals surface area contributed by atoms with Gasteiger partial charge in [-0.25, -0.2) is 13.4 Å². The Labute approximate surface area is 128 Å². The standard InChI is InChI=1S/C12H16Cl2N2O3S/c13-11-7-10(8-15-12(11)14)20(18,19)16(5-2-6-17)9-3-1-4-9/h7-9,17H,1-6H2. The monoisotopic (exact) mass is 338 g/mol. The van der Waals surface area contributed by atoms with Crippen LogP contribution in [-0.4, -0.2) is 42.0 Å². The summed E-state index contributed by atoms with van der Waals surface area (Å²) in [6.45, 7) is 0.252. The summed E-state index contributed by atoms with van der Waals surface area (Å²) >= 11 is 11.5. The maximum Gasteiger partial charge on any atom is 0.244 e. The number of pyridine rings is 1. The first-order valence-electron chi connectivity index (χ1n) is 6.40. The molecule has 0 radical (unpaired) electrons. The highest BCUT2D eigenvalue weighted by Crippen LogP contribution is 2.31. The van der Waals surface area contributed by atoms with Crippen molar-refractivity contribution in [2.75, 3.05) is 13.2 Å². The Kier molecular flexibility index (Phi) is 5.25. The number of aromatic nitrogens is 1. The van der Waals surface area contributed by atoms with Crippen molar-refractivity contribution in [2.24, 2.45) is 0 Å². The zero-order valence-electron chi connectivity index (χ0n) is 10.8. The van der Waals surface area contributed by atoms with E-state index in [1.54, 1.807) is 0 Å². The second kappa shape index (κ2) is 6.58. The highest BCUT2D eigenvalue weighted by molar-refractivity contribution is 7.89. The molecule has 1 saturated carbocycles. The average molecular weight is 339 g/mol. The zero-order chi connectivity index (χ0) is 14.8. The van der Waals surface area contributed by atoms with Gasteiger partial charge in [0.25, 0.3) is 0 Å². The van der Waals surface area contributed by atoms with Gasteiger partial charge in [0.1, 0.15) is 10.0 Å². The van der Waals surface area contributed by atoms with Gasteiger partial charge in [0.15, 0.2) is 0 Å². The van der Waals surface area contributed by atoms with Crippen LogP contribution in [0.3, 0.4) is 0 Å². The first-order valence-corrected chi connectivity index (χ1v) is 8.60. The Bertz CT molecular complexity index is 576. The van der Waals surface area contributed by atoms with E-state index in [9.17, 15) is 8.42 Å². The van der Waals surface area contributed by atoms with Crippen LogP contribution >= 0.6 is 23.2 Å². The van der Waals surface area contributed by atoms with E-state index in [-0.39, 0.29) is 27.7 Å². The van der Waals surface area contributed by atoms with Crippen LogP contribution in [0.5, 0.6) is 0 Å². The van der Waals surface area contributed by atoms with Crippen molar-refractivity contribution in [1.29, 1.82) is 0 Å². The Morgan fingerprint density at radius 3 is 2.60 bits per heavy atom. The maximum atomic E-state index is 12.6. The summed E-state index contributed by atoms with van der Waals surface area (Å²) in [5.41, 5.74) is 0. The van der Waals surface area contributed by atoms with Crippen molar-refractivity contribution in [3.63, 3.8) is 0 Å². The molecule has 1 heterocycles. The van der Waals surface area contributed by atoms with E-state index in [1.165, 1.54) is 16.6 Å². The van der Waals surface area contributed by atoms with Crippen LogP contribution in [0, 0.1) is 0 Å². The van der Waals surface area contributed by atoms with Crippen LogP contribution in [0.1, 0.15) is 25.7 Å². The van der Waals surface area contributed by atoms with Crippen LogP contribution < -0.4 is 0 Å². The van der Waals surface area contributed by atoms with Crippen molar-refractivity contribution in [3.05, 3.63) is 22.4 Å². The molecule has 0 saturated heterocycles.